The number of amides is 1. The van der Waals surface area contributed by atoms with E-state index < -0.39 is 0 Å². The van der Waals surface area contributed by atoms with Gasteiger partial charge in [-0.1, -0.05) is 36.4 Å². The van der Waals surface area contributed by atoms with Crippen molar-refractivity contribution in [1.29, 1.82) is 0 Å². The van der Waals surface area contributed by atoms with Gasteiger partial charge in [-0.3, -0.25) is 20.0 Å². The van der Waals surface area contributed by atoms with E-state index in [1.165, 1.54) is 17.5 Å². The van der Waals surface area contributed by atoms with E-state index in [-0.39, 0.29) is 17.3 Å². The minimum Gasteiger partial charge on any atom is -0.339 e. The molecule has 29 heavy (non-hydrogen) atoms. The molecule has 0 saturated carbocycles. The molecule has 0 radical (unpaired) electrons. The zero-order chi connectivity index (χ0) is 20.1. The summed E-state index contributed by atoms with van der Waals surface area (Å²) in [5.74, 6) is 1.08. The maximum Gasteiger partial charge on any atom is 0.240 e. The van der Waals surface area contributed by atoms with Gasteiger partial charge >= 0.3 is 0 Å². The maximum absolute atomic E-state index is 13.0. The first kappa shape index (κ1) is 20.4. The number of aryl methyl sites for hydroxylation is 2. The Morgan fingerprint density at radius 2 is 1.93 bits per heavy atom. The fraction of sp³-hybridized carbons (Fsp3) is 0.478. The molecule has 0 bridgehead atoms. The highest BCUT2D eigenvalue weighted by Gasteiger charge is 2.34. The van der Waals surface area contributed by atoms with Crippen molar-refractivity contribution in [3.8, 4) is 0 Å². The first-order chi connectivity index (χ1) is 14.2. The van der Waals surface area contributed by atoms with Crippen molar-refractivity contribution in [2.75, 3.05) is 38.5 Å². The van der Waals surface area contributed by atoms with Gasteiger partial charge in [-0.15, -0.1) is 11.8 Å². The topological polar surface area (TPSA) is 48.5 Å². The maximum atomic E-state index is 13.0. The monoisotopic (exact) mass is 410 g/mol. The Hall–Kier alpha value is -1.89. The predicted octanol–water partition coefficient (Wildman–Crippen LogP) is 2.87. The fourth-order valence-corrected chi connectivity index (χ4v) is 5.44. The summed E-state index contributed by atoms with van der Waals surface area (Å²) in [6.45, 7) is 6.77. The Morgan fingerprint density at radius 1 is 1.14 bits per heavy atom. The number of aromatic nitrogens is 1. The molecule has 3 heterocycles. The summed E-state index contributed by atoms with van der Waals surface area (Å²) < 4.78 is 0. The second kappa shape index (κ2) is 9.74. The molecule has 1 aromatic carbocycles. The Labute approximate surface area is 177 Å². The number of pyridine rings is 1. The average molecular weight is 411 g/mol. The molecule has 5 nitrogen and oxygen atoms in total. The highest BCUT2D eigenvalue weighted by molar-refractivity contribution is 7.99. The zero-order valence-electron chi connectivity index (χ0n) is 17.1. The number of nitrogens with one attached hydrogen (secondary N) is 1. The van der Waals surface area contributed by atoms with Crippen LogP contribution in [0.4, 0.5) is 0 Å². The molecule has 1 amide bonds. The molecular weight excluding hydrogens is 380 g/mol. The van der Waals surface area contributed by atoms with E-state index in [0.29, 0.717) is 0 Å². The number of benzene rings is 1. The SMILES string of the molecule is Cc1ncccc1C1N[C@H](C(=O)N2CCN(CCCc3ccccc3)CC2)CS1. The van der Waals surface area contributed by atoms with Crippen LogP contribution in [-0.2, 0) is 11.2 Å². The standard InChI is InChI=1S/C23H30N4OS/c1-18-20(10-5-11-24-18)22-25-21(17-29-22)23(28)27-15-13-26(14-16-27)12-6-9-19-7-3-2-4-8-19/h2-5,7-8,10-11,21-22,25H,6,9,12-17H2,1H3/t21-,22?/m0/s1. The number of hydrogen-bond acceptors (Lipinski definition) is 5. The van der Waals surface area contributed by atoms with Crippen LogP contribution in [-0.4, -0.2) is 65.2 Å². The average Bonchev–Trinajstić information content (AvgIpc) is 3.25. The van der Waals surface area contributed by atoms with E-state index in [1.807, 2.05) is 35.8 Å². The van der Waals surface area contributed by atoms with Gasteiger partial charge in [-0.2, -0.15) is 0 Å². The molecule has 0 aliphatic carbocycles. The molecule has 2 aliphatic rings. The van der Waals surface area contributed by atoms with Crippen molar-refractivity contribution < 1.29 is 4.79 Å². The third-order valence-corrected chi connectivity index (χ3v) is 7.13. The number of piperazine rings is 1. The van der Waals surface area contributed by atoms with Crippen LogP contribution in [0, 0.1) is 6.92 Å². The highest BCUT2D eigenvalue weighted by Crippen LogP contribution is 2.34. The molecule has 1 N–H and O–H groups in total. The van der Waals surface area contributed by atoms with Crippen LogP contribution in [0.15, 0.2) is 48.7 Å². The number of thioether (sulfide) groups is 1. The summed E-state index contributed by atoms with van der Waals surface area (Å²) in [5, 5.41) is 3.69. The molecule has 4 rings (SSSR count). The van der Waals surface area contributed by atoms with E-state index >= 15 is 0 Å². The molecule has 1 aromatic heterocycles. The quantitative estimate of drug-likeness (QED) is 0.794. The first-order valence-electron chi connectivity index (χ1n) is 10.5. The number of carbonyl (C=O) groups excluding carboxylic acids is 1. The summed E-state index contributed by atoms with van der Waals surface area (Å²) >= 11 is 1.81. The van der Waals surface area contributed by atoms with Crippen molar-refractivity contribution in [3.05, 3.63) is 65.5 Å². The molecule has 2 saturated heterocycles. The molecule has 1 unspecified atom stereocenters. The summed E-state index contributed by atoms with van der Waals surface area (Å²) in [7, 11) is 0. The minimum absolute atomic E-state index is 0.0887. The molecule has 2 atom stereocenters. The van der Waals surface area contributed by atoms with E-state index in [1.54, 1.807) is 0 Å². The first-order valence-corrected chi connectivity index (χ1v) is 11.6. The number of carbonyl (C=O) groups is 1. The van der Waals surface area contributed by atoms with E-state index in [4.69, 9.17) is 0 Å². The van der Waals surface area contributed by atoms with Gasteiger partial charge in [0.05, 0.1) is 11.4 Å². The van der Waals surface area contributed by atoms with Gasteiger partial charge in [-0.05, 0) is 37.9 Å². The third kappa shape index (κ3) is 5.18. The van der Waals surface area contributed by atoms with Gasteiger partial charge in [-0.25, -0.2) is 0 Å². The Kier molecular flexibility index (Phi) is 6.85. The molecule has 154 valence electrons. The van der Waals surface area contributed by atoms with Gasteiger partial charge < -0.3 is 4.90 Å². The smallest absolute Gasteiger partial charge is 0.240 e. The van der Waals surface area contributed by atoms with Crippen molar-refractivity contribution in [2.45, 2.75) is 31.2 Å². The van der Waals surface area contributed by atoms with Crippen LogP contribution >= 0.6 is 11.8 Å². The fourth-order valence-electron chi connectivity index (χ4n) is 4.13. The lowest BCUT2D eigenvalue weighted by molar-refractivity contribution is -0.134. The largest absolute Gasteiger partial charge is 0.339 e. The Bertz CT molecular complexity index is 808. The van der Waals surface area contributed by atoms with Crippen molar-refractivity contribution in [1.82, 2.24) is 20.1 Å². The van der Waals surface area contributed by atoms with Crippen molar-refractivity contribution in [3.63, 3.8) is 0 Å². The summed E-state index contributed by atoms with van der Waals surface area (Å²) in [5.41, 5.74) is 3.63. The lowest BCUT2D eigenvalue weighted by atomic mass is 10.1. The summed E-state index contributed by atoms with van der Waals surface area (Å²) in [6.07, 6.45) is 4.11. The lowest BCUT2D eigenvalue weighted by Gasteiger charge is -2.36. The third-order valence-electron chi connectivity index (χ3n) is 5.88. The summed E-state index contributed by atoms with van der Waals surface area (Å²) in [6, 6.07) is 14.7. The van der Waals surface area contributed by atoms with Crippen LogP contribution in [0.5, 0.6) is 0 Å². The zero-order valence-corrected chi connectivity index (χ0v) is 17.9. The van der Waals surface area contributed by atoms with Crippen LogP contribution in [0.2, 0.25) is 0 Å². The molecule has 6 heteroatoms. The van der Waals surface area contributed by atoms with Crippen LogP contribution in [0.3, 0.4) is 0 Å². The van der Waals surface area contributed by atoms with Gasteiger partial charge in [0.25, 0.3) is 0 Å². The predicted molar refractivity (Wildman–Crippen MR) is 119 cm³/mol. The second-order valence-electron chi connectivity index (χ2n) is 7.87. The molecule has 0 spiro atoms. The van der Waals surface area contributed by atoms with Crippen LogP contribution < -0.4 is 5.32 Å². The second-order valence-corrected chi connectivity index (χ2v) is 9.00. The molecule has 2 fully saturated rings. The number of nitrogens with zero attached hydrogens (tertiary/aromatic N) is 3. The normalized spacial score (nSPS) is 22.7. The summed E-state index contributed by atoms with van der Waals surface area (Å²) in [4.78, 5) is 21.9. The van der Waals surface area contributed by atoms with Gasteiger partial charge in [0.1, 0.15) is 0 Å². The number of rotatable bonds is 6. The lowest BCUT2D eigenvalue weighted by Crippen LogP contribution is -2.53. The molecular formula is C23H30N4OS. The van der Waals surface area contributed by atoms with E-state index in [9.17, 15) is 4.79 Å². The Morgan fingerprint density at radius 3 is 2.69 bits per heavy atom. The Balaban J connectivity index is 1.21. The van der Waals surface area contributed by atoms with Gasteiger partial charge in [0.15, 0.2) is 0 Å². The minimum atomic E-state index is -0.0887. The number of hydrogen-bond donors (Lipinski definition) is 1. The van der Waals surface area contributed by atoms with Crippen molar-refractivity contribution in [2.24, 2.45) is 0 Å². The highest BCUT2D eigenvalue weighted by atomic mass is 32.2. The van der Waals surface area contributed by atoms with E-state index in [0.717, 1.165) is 50.6 Å². The van der Waals surface area contributed by atoms with Crippen molar-refractivity contribution >= 4 is 17.7 Å². The van der Waals surface area contributed by atoms with E-state index in [2.05, 4.69) is 51.6 Å². The molecule has 2 aliphatic heterocycles. The van der Waals surface area contributed by atoms with Gasteiger partial charge in [0, 0.05) is 49.4 Å². The molecule has 2 aromatic rings. The van der Waals surface area contributed by atoms with Crippen LogP contribution in [0.1, 0.15) is 28.6 Å². The van der Waals surface area contributed by atoms with Gasteiger partial charge in [0.2, 0.25) is 5.91 Å². The van der Waals surface area contributed by atoms with Crippen LogP contribution in [0.25, 0.3) is 0 Å².